The predicted molar refractivity (Wildman–Crippen MR) is 78.8 cm³/mol. The van der Waals surface area contributed by atoms with Gasteiger partial charge in [0.05, 0.1) is 11.0 Å². The van der Waals surface area contributed by atoms with Crippen molar-refractivity contribution in [3.63, 3.8) is 0 Å². The maximum Gasteiger partial charge on any atom is 0.389 e. The number of aryl methyl sites for hydroxylation is 3. The number of nitrogens with zero attached hydrogens (tertiary/aromatic N) is 2. The van der Waals surface area contributed by atoms with Crippen LogP contribution in [0.1, 0.15) is 30.7 Å². The molecule has 2 aromatic rings. The minimum Gasteiger partial charge on any atom is -0.328 e. The lowest BCUT2D eigenvalue weighted by molar-refractivity contribution is -0.135. The SMILES string of the molecule is Cc1ccc2c(c1)nc(CCCl)n2CCCCC(F)(F)F. The van der Waals surface area contributed by atoms with Crippen LogP contribution in [0.15, 0.2) is 18.2 Å². The molecule has 0 atom stereocenters. The van der Waals surface area contributed by atoms with Crippen molar-refractivity contribution in [2.45, 2.75) is 45.3 Å². The summed E-state index contributed by atoms with van der Waals surface area (Å²) in [5, 5.41) is 0. The van der Waals surface area contributed by atoms with Gasteiger partial charge < -0.3 is 4.57 Å². The molecule has 0 saturated carbocycles. The van der Waals surface area contributed by atoms with Crippen molar-refractivity contribution in [2.75, 3.05) is 5.88 Å². The molecule has 0 unspecified atom stereocenters. The maximum atomic E-state index is 12.2. The molecule has 21 heavy (non-hydrogen) atoms. The van der Waals surface area contributed by atoms with E-state index in [1.54, 1.807) is 0 Å². The van der Waals surface area contributed by atoms with Gasteiger partial charge in [-0.25, -0.2) is 4.98 Å². The van der Waals surface area contributed by atoms with Crippen molar-refractivity contribution < 1.29 is 13.2 Å². The van der Waals surface area contributed by atoms with E-state index in [0.717, 1.165) is 22.4 Å². The molecule has 0 radical (unpaired) electrons. The molecule has 0 amide bonds. The van der Waals surface area contributed by atoms with Crippen LogP contribution in [0.5, 0.6) is 0 Å². The smallest absolute Gasteiger partial charge is 0.328 e. The first-order chi connectivity index (χ1) is 9.90. The number of alkyl halides is 4. The number of rotatable bonds is 6. The second-order valence-corrected chi connectivity index (χ2v) is 5.56. The van der Waals surface area contributed by atoms with Crippen LogP contribution < -0.4 is 0 Å². The highest BCUT2D eigenvalue weighted by molar-refractivity contribution is 6.17. The van der Waals surface area contributed by atoms with Gasteiger partial charge in [0, 0.05) is 25.3 Å². The van der Waals surface area contributed by atoms with Crippen molar-refractivity contribution in [2.24, 2.45) is 0 Å². The highest BCUT2D eigenvalue weighted by Gasteiger charge is 2.25. The zero-order valence-electron chi connectivity index (χ0n) is 11.9. The van der Waals surface area contributed by atoms with E-state index >= 15 is 0 Å². The molecule has 116 valence electrons. The second-order valence-electron chi connectivity index (χ2n) is 5.18. The molecule has 0 N–H and O–H groups in total. The fraction of sp³-hybridized carbons (Fsp3) is 0.533. The number of benzene rings is 1. The van der Waals surface area contributed by atoms with Gasteiger partial charge in [-0.3, -0.25) is 0 Å². The van der Waals surface area contributed by atoms with Crippen LogP contribution in [0.4, 0.5) is 13.2 Å². The molecule has 0 aliphatic rings. The minimum atomic E-state index is -4.08. The van der Waals surface area contributed by atoms with Gasteiger partial charge in [0.25, 0.3) is 0 Å². The van der Waals surface area contributed by atoms with Crippen molar-refractivity contribution in [3.8, 4) is 0 Å². The van der Waals surface area contributed by atoms with Gasteiger partial charge in [-0.15, -0.1) is 11.6 Å². The zero-order valence-corrected chi connectivity index (χ0v) is 12.6. The summed E-state index contributed by atoms with van der Waals surface area (Å²) in [6, 6.07) is 5.94. The van der Waals surface area contributed by atoms with Gasteiger partial charge in [-0.1, -0.05) is 6.07 Å². The predicted octanol–water partition coefficient (Wildman–Crippen LogP) is 4.86. The molecule has 0 aliphatic carbocycles. The first-order valence-electron chi connectivity index (χ1n) is 6.99. The summed E-state index contributed by atoms with van der Waals surface area (Å²) >= 11 is 5.79. The first-order valence-corrected chi connectivity index (χ1v) is 7.52. The zero-order chi connectivity index (χ0) is 15.5. The fourth-order valence-corrected chi connectivity index (χ4v) is 2.58. The molecule has 2 nitrogen and oxygen atoms in total. The third-order valence-electron chi connectivity index (χ3n) is 3.39. The Morgan fingerprint density at radius 3 is 2.67 bits per heavy atom. The third kappa shape index (κ3) is 4.37. The highest BCUT2D eigenvalue weighted by atomic mass is 35.5. The van der Waals surface area contributed by atoms with Gasteiger partial charge in [0.1, 0.15) is 5.82 Å². The Labute approximate surface area is 126 Å². The van der Waals surface area contributed by atoms with E-state index in [0.29, 0.717) is 25.3 Å². The molecule has 1 aromatic heterocycles. The molecule has 0 spiro atoms. The van der Waals surface area contributed by atoms with Crippen LogP contribution in [0.25, 0.3) is 11.0 Å². The molecule has 0 fully saturated rings. The number of fused-ring (bicyclic) bond motifs is 1. The molecule has 1 aromatic carbocycles. The normalized spacial score (nSPS) is 12.2. The maximum absolute atomic E-state index is 12.2. The standard InChI is InChI=1S/C15H18ClF3N2/c1-11-4-5-13-12(10-11)20-14(6-8-16)21(13)9-3-2-7-15(17,18)19/h4-5,10H,2-3,6-9H2,1H3. The lowest BCUT2D eigenvalue weighted by atomic mass is 10.2. The van der Waals surface area contributed by atoms with Crippen molar-refractivity contribution >= 4 is 22.6 Å². The molecule has 1 heterocycles. The summed E-state index contributed by atoms with van der Waals surface area (Å²) in [5.41, 5.74) is 2.96. The number of unbranched alkanes of at least 4 members (excludes halogenated alkanes) is 1. The van der Waals surface area contributed by atoms with Crippen LogP contribution >= 0.6 is 11.6 Å². The Hall–Kier alpha value is -1.23. The lowest BCUT2D eigenvalue weighted by Gasteiger charge is -2.10. The van der Waals surface area contributed by atoms with Gasteiger partial charge in [-0.05, 0) is 37.5 Å². The van der Waals surface area contributed by atoms with Gasteiger partial charge >= 0.3 is 6.18 Å². The second kappa shape index (κ2) is 6.69. The third-order valence-corrected chi connectivity index (χ3v) is 3.58. The molecule has 6 heteroatoms. The van der Waals surface area contributed by atoms with E-state index in [1.807, 2.05) is 29.7 Å². The molecular weight excluding hydrogens is 301 g/mol. The van der Waals surface area contributed by atoms with Gasteiger partial charge in [0.15, 0.2) is 0 Å². The van der Waals surface area contributed by atoms with E-state index in [2.05, 4.69) is 4.98 Å². The quantitative estimate of drug-likeness (QED) is 0.549. The van der Waals surface area contributed by atoms with E-state index in [9.17, 15) is 13.2 Å². The van der Waals surface area contributed by atoms with Crippen LogP contribution in [-0.2, 0) is 13.0 Å². The van der Waals surface area contributed by atoms with Gasteiger partial charge in [-0.2, -0.15) is 13.2 Å². The number of hydrogen-bond acceptors (Lipinski definition) is 1. The average molecular weight is 319 g/mol. The number of imidazole rings is 1. The molecule has 2 rings (SSSR count). The first kappa shape index (κ1) is 16.1. The fourth-order valence-electron chi connectivity index (χ4n) is 2.41. The Balaban J connectivity index is 2.14. The van der Waals surface area contributed by atoms with E-state index in [-0.39, 0.29) is 6.42 Å². The van der Waals surface area contributed by atoms with Gasteiger partial charge in [0.2, 0.25) is 0 Å². The largest absolute Gasteiger partial charge is 0.389 e. The van der Waals surface area contributed by atoms with Crippen LogP contribution in [0, 0.1) is 6.92 Å². The van der Waals surface area contributed by atoms with E-state index in [1.165, 1.54) is 0 Å². The number of aromatic nitrogens is 2. The Morgan fingerprint density at radius 2 is 2.00 bits per heavy atom. The van der Waals surface area contributed by atoms with E-state index in [4.69, 9.17) is 11.6 Å². The molecular formula is C15H18ClF3N2. The highest BCUT2D eigenvalue weighted by Crippen LogP contribution is 2.24. The summed E-state index contributed by atoms with van der Waals surface area (Å²) in [5.74, 6) is 1.29. The van der Waals surface area contributed by atoms with Crippen LogP contribution in [0.2, 0.25) is 0 Å². The Morgan fingerprint density at radius 1 is 1.24 bits per heavy atom. The van der Waals surface area contributed by atoms with Crippen LogP contribution in [0.3, 0.4) is 0 Å². The summed E-state index contributed by atoms with van der Waals surface area (Å²) in [6.45, 7) is 2.53. The summed E-state index contributed by atoms with van der Waals surface area (Å²) in [6.07, 6.45) is -3.57. The molecule has 0 saturated heterocycles. The number of hydrogen-bond donors (Lipinski definition) is 0. The summed E-state index contributed by atoms with van der Waals surface area (Å²) < 4.78 is 38.5. The lowest BCUT2D eigenvalue weighted by Crippen LogP contribution is -2.09. The van der Waals surface area contributed by atoms with E-state index < -0.39 is 12.6 Å². The van der Waals surface area contributed by atoms with Crippen molar-refractivity contribution in [1.82, 2.24) is 9.55 Å². The van der Waals surface area contributed by atoms with Crippen molar-refractivity contribution in [3.05, 3.63) is 29.6 Å². The topological polar surface area (TPSA) is 17.8 Å². The molecule has 0 aliphatic heterocycles. The number of halogens is 4. The average Bonchev–Trinajstić information content (AvgIpc) is 2.71. The van der Waals surface area contributed by atoms with Crippen molar-refractivity contribution in [1.29, 1.82) is 0 Å². The minimum absolute atomic E-state index is 0.134. The van der Waals surface area contributed by atoms with Crippen LogP contribution in [-0.4, -0.2) is 21.6 Å². The Bertz CT molecular complexity index is 605. The summed E-state index contributed by atoms with van der Waals surface area (Å²) in [4.78, 5) is 4.55. The Kier molecular flexibility index (Phi) is 5.14. The summed E-state index contributed by atoms with van der Waals surface area (Å²) in [7, 11) is 0. The molecule has 0 bridgehead atoms. The monoisotopic (exact) mass is 318 g/mol.